The number of hydrogen-bond acceptors (Lipinski definition) is 5. The Hall–Kier alpha value is -2.54. The summed E-state index contributed by atoms with van der Waals surface area (Å²) in [5, 5.41) is 7.44. The molecule has 2 heterocycles. The molecular formula is C21H31N5O2. The highest BCUT2D eigenvalue weighted by Gasteiger charge is 2.20. The van der Waals surface area contributed by atoms with Crippen molar-refractivity contribution in [1.29, 1.82) is 0 Å². The third-order valence-electron chi connectivity index (χ3n) is 4.80. The summed E-state index contributed by atoms with van der Waals surface area (Å²) in [7, 11) is 0. The first-order valence-corrected chi connectivity index (χ1v) is 10.2. The van der Waals surface area contributed by atoms with E-state index in [4.69, 9.17) is 14.3 Å². The normalized spacial score (nSPS) is 15.6. The molecule has 1 aliphatic rings. The van der Waals surface area contributed by atoms with Crippen molar-refractivity contribution in [2.75, 3.05) is 45.9 Å². The number of rotatable bonds is 8. The number of benzene rings is 1. The van der Waals surface area contributed by atoms with E-state index in [1.807, 2.05) is 25.1 Å². The average molecular weight is 386 g/mol. The van der Waals surface area contributed by atoms with Crippen molar-refractivity contribution in [3.63, 3.8) is 0 Å². The quantitative estimate of drug-likeness (QED) is 0.556. The van der Waals surface area contributed by atoms with Gasteiger partial charge < -0.3 is 19.5 Å². The van der Waals surface area contributed by atoms with Crippen molar-refractivity contribution < 1.29 is 9.26 Å². The van der Waals surface area contributed by atoms with Crippen LogP contribution in [0.15, 0.2) is 46.1 Å². The number of piperazine rings is 1. The highest BCUT2D eigenvalue weighted by atomic mass is 16.5. The molecule has 152 valence electrons. The van der Waals surface area contributed by atoms with Crippen LogP contribution in [0.2, 0.25) is 0 Å². The predicted molar refractivity (Wildman–Crippen MR) is 111 cm³/mol. The van der Waals surface area contributed by atoms with E-state index in [1.54, 1.807) is 6.26 Å². The van der Waals surface area contributed by atoms with Crippen molar-refractivity contribution >= 4 is 5.96 Å². The van der Waals surface area contributed by atoms with Crippen LogP contribution >= 0.6 is 0 Å². The number of para-hydroxylation sites is 1. The van der Waals surface area contributed by atoms with Gasteiger partial charge in [0.15, 0.2) is 5.96 Å². The minimum atomic E-state index is 0.682. The van der Waals surface area contributed by atoms with Crippen LogP contribution in [0, 0.1) is 0 Å². The van der Waals surface area contributed by atoms with E-state index in [0.717, 1.165) is 69.6 Å². The minimum absolute atomic E-state index is 0.682. The smallest absolute Gasteiger partial charge is 0.194 e. The Morgan fingerprint density at radius 3 is 2.71 bits per heavy atom. The van der Waals surface area contributed by atoms with Crippen molar-refractivity contribution in [2.24, 2.45) is 4.99 Å². The van der Waals surface area contributed by atoms with E-state index in [1.165, 1.54) is 5.56 Å². The molecule has 1 N–H and O–H groups in total. The van der Waals surface area contributed by atoms with Gasteiger partial charge in [-0.2, -0.15) is 0 Å². The third kappa shape index (κ3) is 5.73. The van der Waals surface area contributed by atoms with Gasteiger partial charge in [-0.05, 0) is 31.9 Å². The van der Waals surface area contributed by atoms with Gasteiger partial charge in [0, 0.05) is 51.9 Å². The van der Waals surface area contributed by atoms with Crippen molar-refractivity contribution in [2.45, 2.75) is 26.8 Å². The Morgan fingerprint density at radius 1 is 1.18 bits per heavy atom. The predicted octanol–water partition coefficient (Wildman–Crippen LogP) is 2.40. The van der Waals surface area contributed by atoms with Crippen molar-refractivity contribution in [3.05, 3.63) is 47.9 Å². The molecule has 1 fully saturated rings. The molecule has 0 atom stereocenters. The molecule has 1 aromatic heterocycles. The van der Waals surface area contributed by atoms with Gasteiger partial charge in [-0.3, -0.25) is 9.89 Å². The lowest BCUT2D eigenvalue weighted by atomic mass is 10.1. The lowest BCUT2D eigenvalue weighted by molar-refractivity contribution is 0.169. The molecule has 0 saturated carbocycles. The molecule has 0 bridgehead atoms. The molecule has 1 saturated heterocycles. The maximum Gasteiger partial charge on any atom is 0.194 e. The molecular weight excluding hydrogens is 354 g/mol. The lowest BCUT2D eigenvalue weighted by Gasteiger charge is -2.36. The second-order valence-corrected chi connectivity index (χ2v) is 6.78. The highest BCUT2D eigenvalue weighted by molar-refractivity contribution is 5.80. The number of aliphatic imine (C=N–C) groups is 1. The molecule has 0 radical (unpaired) electrons. The molecule has 2 aromatic rings. The zero-order valence-corrected chi connectivity index (χ0v) is 16.9. The van der Waals surface area contributed by atoms with Crippen molar-refractivity contribution in [3.8, 4) is 5.75 Å². The van der Waals surface area contributed by atoms with Crippen LogP contribution in [-0.2, 0) is 13.0 Å². The van der Waals surface area contributed by atoms with E-state index < -0.39 is 0 Å². The summed E-state index contributed by atoms with van der Waals surface area (Å²) in [6.45, 7) is 11.2. The first-order chi connectivity index (χ1) is 13.8. The minimum Gasteiger partial charge on any atom is -0.494 e. The second-order valence-electron chi connectivity index (χ2n) is 6.78. The molecule has 7 heteroatoms. The van der Waals surface area contributed by atoms with Gasteiger partial charge in [-0.1, -0.05) is 23.4 Å². The summed E-state index contributed by atoms with van der Waals surface area (Å²) in [6.07, 6.45) is 2.50. The number of ether oxygens (including phenoxy) is 1. The van der Waals surface area contributed by atoms with Crippen molar-refractivity contribution in [1.82, 2.24) is 20.3 Å². The Bertz CT molecular complexity index is 724. The summed E-state index contributed by atoms with van der Waals surface area (Å²) in [5.74, 6) is 1.96. The summed E-state index contributed by atoms with van der Waals surface area (Å²) >= 11 is 0. The zero-order valence-electron chi connectivity index (χ0n) is 16.9. The SMILES string of the molecule is CCNC(=NCCc1ccccc1OCC)N1CCN(Cc2ccon2)CC1. The Morgan fingerprint density at radius 2 is 2.00 bits per heavy atom. The van der Waals surface area contributed by atoms with E-state index in [-0.39, 0.29) is 0 Å². The second kappa shape index (κ2) is 10.7. The molecule has 28 heavy (non-hydrogen) atoms. The van der Waals surface area contributed by atoms with Crippen LogP contribution in [0.4, 0.5) is 0 Å². The van der Waals surface area contributed by atoms with Crippen LogP contribution in [0.3, 0.4) is 0 Å². The molecule has 1 aliphatic heterocycles. The first kappa shape index (κ1) is 20.2. The molecule has 0 aliphatic carbocycles. The number of aromatic nitrogens is 1. The maximum absolute atomic E-state index is 5.72. The first-order valence-electron chi connectivity index (χ1n) is 10.2. The summed E-state index contributed by atoms with van der Waals surface area (Å²) in [6, 6.07) is 10.1. The van der Waals surface area contributed by atoms with Gasteiger partial charge in [-0.15, -0.1) is 0 Å². The average Bonchev–Trinajstić information content (AvgIpc) is 3.22. The molecule has 7 nitrogen and oxygen atoms in total. The number of guanidine groups is 1. The molecule has 0 spiro atoms. The summed E-state index contributed by atoms with van der Waals surface area (Å²) in [4.78, 5) is 9.61. The Balaban J connectivity index is 1.53. The number of hydrogen-bond donors (Lipinski definition) is 1. The highest BCUT2D eigenvalue weighted by Crippen LogP contribution is 2.18. The maximum atomic E-state index is 5.72. The van der Waals surface area contributed by atoms with Gasteiger partial charge in [0.25, 0.3) is 0 Å². The molecule has 3 rings (SSSR count). The van der Waals surface area contributed by atoms with Crippen LogP contribution in [0.1, 0.15) is 25.1 Å². The Kier molecular flexibility index (Phi) is 7.72. The summed E-state index contributed by atoms with van der Waals surface area (Å²) in [5.41, 5.74) is 2.20. The van der Waals surface area contributed by atoms with E-state index >= 15 is 0 Å². The van der Waals surface area contributed by atoms with Crippen LogP contribution in [-0.4, -0.2) is 66.8 Å². The number of nitrogens with zero attached hydrogens (tertiary/aromatic N) is 4. The monoisotopic (exact) mass is 385 g/mol. The van der Waals surface area contributed by atoms with Crippen LogP contribution in [0.25, 0.3) is 0 Å². The van der Waals surface area contributed by atoms with Gasteiger partial charge in [0.1, 0.15) is 12.0 Å². The lowest BCUT2D eigenvalue weighted by Crippen LogP contribution is -2.52. The third-order valence-corrected chi connectivity index (χ3v) is 4.80. The largest absolute Gasteiger partial charge is 0.494 e. The fourth-order valence-electron chi connectivity index (χ4n) is 3.38. The van der Waals surface area contributed by atoms with E-state index in [9.17, 15) is 0 Å². The van der Waals surface area contributed by atoms with Gasteiger partial charge >= 0.3 is 0 Å². The standard InChI is InChI=1S/C21H31N5O2/c1-3-22-21(23-11-9-18-7-5-6-8-20(18)27-4-2)26-14-12-25(13-15-26)17-19-10-16-28-24-19/h5-8,10,16H,3-4,9,11-15,17H2,1-2H3,(H,22,23). The van der Waals surface area contributed by atoms with E-state index in [0.29, 0.717) is 6.61 Å². The van der Waals surface area contributed by atoms with Crippen LogP contribution in [0.5, 0.6) is 5.75 Å². The zero-order chi connectivity index (χ0) is 19.6. The topological polar surface area (TPSA) is 66.1 Å². The van der Waals surface area contributed by atoms with Gasteiger partial charge in [0.2, 0.25) is 0 Å². The Labute approximate surface area is 167 Å². The van der Waals surface area contributed by atoms with Gasteiger partial charge in [0.05, 0.1) is 12.3 Å². The van der Waals surface area contributed by atoms with E-state index in [2.05, 4.69) is 39.3 Å². The molecule has 1 aromatic carbocycles. The fraction of sp³-hybridized carbons (Fsp3) is 0.524. The molecule has 0 amide bonds. The molecule has 0 unspecified atom stereocenters. The fourth-order valence-corrected chi connectivity index (χ4v) is 3.38. The van der Waals surface area contributed by atoms with Crippen LogP contribution < -0.4 is 10.1 Å². The van der Waals surface area contributed by atoms with Gasteiger partial charge in [-0.25, -0.2) is 0 Å². The summed E-state index contributed by atoms with van der Waals surface area (Å²) < 4.78 is 10.6. The number of nitrogens with one attached hydrogen (secondary N) is 1.